The summed E-state index contributed by atoms with van der Waals surface area (Å²) in [6.45, 7) is 2.75. The Morgan fingerprint density at radius 3 is 2.62 bits per heavy atom. The number of hydrogen-bond acceptors (Lipinski definition) is 3. The van der Waals surface area contributed by atoms with Crippen molar-refractivity contribution in [1.29, 1.82) is 0 Å². The maximum absolute atomic E-state index is 12.0. The number of rotatable bonds is 8. The zero-order valence-electron chi connectivity index (χ0n) is 14.2. The van der Waals surface area contributed by atoms with Crippen LogP contribution < -0.4 is 15.6 Å². The normalized spacial score (nSPS) is 10.4. The molecule has 0 fully saturated rings. The van der Waals surface area contributed by atoms with E-state index in [4.69, 9.17) is 4.74 Å². The van der Waals surface area contributed by atoms with Crippen molar-refractivity contribution in [1.82, 2.24) is 9.88 Å². The maximum Gasteiger partial charge on any atom is 0.254 e. The van der Waals surface area contributed by atoms with E-state index in [0.717, 1.165) is 18.5 Å². The predicted octanol–water partition coefficient (Wildman–Crippen LogP) is 2.30. The van der Waals surface area contributed by atoms with E-state index in [1.165, 1.54) is 18.7 Å². The Morgan fingerprint density at radius 1 is 1.21 bits per heavy atom. The number of benzene rings is 1. The molecule has 1 aromatic carbocycles. The third-order valence-electron chi connectivity index (χ3n) is 3.91. The highest BCUT2D eigenvalue weighted by molar-refractivity contribution is 5.75. The van der Waals surface area contributed by atoms with E-state index < -0.39 is 0 Å². The molecule has 0 bridgehead atoms. The van der Waals surface area contributed by atoms with E-state index in [2.05, 4.69) is 17.4 Å². The van der Waals surface area contributed by atoms with Crippen LogP contribution in [0.25, 0.3) is 0 Å². The molecule has 1 aromatic heterocycles. The molecule has 0 radical (unpaired) electrons. The number of nitrogens with one attached hydrogen (secondary N) is 1. The predicted molar refractivity (Wildman–Crippen MR) is 94.4 cm³/mol. The second-order valence-corrected chi connectivity index (χ2v) is 5.72. The number of pyridine rings is 1. The van der Waals surface area contributed by atoms with Gasteiger partial charge in [-0.05, 0) is 31.4 Å². The number of ether oxygens (including phenoxy) is 1. The van der Waals surface area contributed by atoms with E-state index in [9.17, 15) is 9.59 Å². The van der Waals surface area contributed by atoms with Gasteiger partial charge in [0.15, 0.2) is 0 Å². The zero-order chi connectivity index (χ0) is 17.4. The Morgan fingerprint density at radius 2 is 1.96 bits per heavy atom. The number of hydrogen-bond donors (Lipinski definition) is 1. The van der Waals surface area contributed by atoms with Crippen LogP contribution in [-0.2, 0) is 17.8 Å². The van der Waals surface area contributed by atoms with Crippen LogP contribution in [0, 0.1) is 6.92 Å². The smallest absolute Gasteiger partial charge is 0.254 e. The van der Waals surface area contributed by atoms with Crippen LogP contribution in [-0.4, -0.2) is 24.1 Å². The number of aryl methyl sites for hydroxylation is 2. The molecule has 5 nitrogen and oxygen atoms in total. The molecule has 0 atom stereocenters. The van der Waals surface area contributed by atoms with Crippen molar-refractivity contribution in [3.63, 3.8) is 0 Å². The van der Waals surface area contributed by atoms with Crippen molar-refractivity contribution in [3.05, 3.63) is 64.1 Å². The fourth-order valence-electron chi connectivity index (χ4n) is 2.60. The van der Waals surface area contributed by atoms with Gasteiger partial charge in [0.2, 0.25) is 5.91 Å². The number of carbonyl (C=O) groups is 1. The first kappa shape index (κ1) is 17.8. The lowest BCUT2D eigenvalue weighted by Gasteiger charge is -2.12. The highest BCUT2D eigenvalue weighted by atomic mass is 16.5. The highest BCUT2D eigenvalue weighted by Gasteiger charge is 2.05. The molecule has 1 heterocycles. The summed E-state index contributed by atoms with van der Waals surface area (Å²) in [6.07, 6.45) is 2.20. The zero-order valence-corrected chi connectivity index (χ0v) is 14.2. The third kappa shape index (κ3) is 5.26. The van der Waals surface area contributed by atoms with Gasteiger partial charge in [0.05, 0.1) is 7.11 Å². The summed E-state index contributed by atoms with van der Waals surface area (Å²) in [5, 5.41) is 2.87. The Labute approximate surface area is 142 Å². The first-order chi connectivity index (χ1) is 11.6. The quantitative estimate of drug-likeness (QED) is 0.809. The first-order valence-corrected chi connectivity index (χ1v) is 8.16. The summed E-state index contributed by atoms with van der Waals surface area (Å²) < 4.78 is 6.70. The molecule has 128 valence electrons. The lowest BCUT2D eigenvalue weighted by Crippen LogP contribution is -2.31. The van der Waals surface area contributed by atoms with E-state index in [1.54, 1.807) is 4.57 Å². The third-order valence-corrected chi connectivity index (χ3v) is 3.91. The van der Waals surface area contributed by atoms with Gasteiger partial charge in [0.25, 0.3) is 5.56 Å². The van der Waals surface area contributed by atoms with Crippen molar-refractivity contribution in [2.75, 3.05) is 13.7 Å². The fraction of sp³-hybridized carbons (Fsp3) is 0.368. The molecule has 1 N–H and O–H groups in total. The summed E-state index contributed by atoms with van der Waals surface area (Å²) in [5.74, 6) is 0.573. The molecule has 0 saturated heterocycles. The highest BCUT2D eigenvalue weighted by Crippen LogP contribution is 2.08. The average Bonchev–Trinajstić information content (AvgIpc) is 2.58. The molecule has 2 rings (SSSR count). The van der Waals surface area contributed by atoms with Gasteiger partial charge in [0, 0.05) is 31.3 Å². The second-order valence-electron chi connectivity index (χ2n) is 5.72. The molecule has 0 aliphatic heterocycles. The van der Waals surface area contributed by atoms with Crippen molar-refractivity contribution in [2.24, 2.45) is 0 Å². The lowest BCUT2D eigenvalue weighted by atomic mass is 10.1. The fourth-order valence-corrected chi connectivity index (χ4v) is 2.60. The molecule has 0 saturated carbocycles. The molecular weight excluding hydrogens is 304 g/mol. The number of aromatic nitrogens is 1. The Bertz CT molecular complexity index is 723. The Hall–Kier alpha value is -2.56. The lowest BCUT2D eigenvalue weighted by molar-refractivity contribution is -0.121. The molecule has 24 heavy (non-hydrogen) atoms. The molecule has 5 heteroatoms. The summed E-state index contributed by atoms with van der Waals surface area (Å²) in [4.78, 5) is 23.9. The minimum absolute atomic E-state index is 0.0187. The summed E-state index contributed by atoms with van der Waals surface area (Å²) >= 11 is 0. The van der Waals surface area contributed by atoms with Crippen molar-refractivity contribution < 1.29 is 9.53 Å². The van der Waals surface area contributed by atoms with Crippen LogP contribution in [0.15, 0.2) is 47.3 Å². The molecule has 0 aliphatic carbocycles. The van der Waals surface area contributed by atoms with Crippen molar-refractivity contribution in [3.8, 4) is 5.75 Å². The van der Waals surface area contributed by atoms with Gasteiger partial charge in [-0.3, -0.25) is 9.59 Å². The number of methoxy groups -OCH3 is 1. The monoisotopic (exact) mass is 328 g/mol. The molecule has 1 amide bonds. The van der Waals surface area contributed by atoms with E-state index in [1.807, 2.05) is 31.2 Å². The topological polar surface area (TPSA) is 60.3 Å². The van der Waals surface area contributed by atoms with Gasteiger partial charge in [-0.2, -0.15) is 0 Å². The SMILES string of the molecule is COc1cc(C)n(CCNC(=O)CCCc2ccccc2)c(=O)c1. The standard InChI is InChI=1S/C19H24N2O3/c1-15-13-17(24-2)14-19(23)21(15)12-11-20-18(22)10-6-9-16-7-4-3-5-8-16/h3-5,7-8,13-14H,6,9-12H2,1-2H3,(H,20,22). The number of amides is 1. The molecule has 0 aliphatic rings. The van der Waals surface area contributed by atoms with Crippen LogP contribution in [0.3, 0.4) is 0 Å². The minimum atomic E-state index is -0.120. The second kappa shape index (κ2) is 8.91. The van der Waals surface area contributed by atoms with Crippen LogP contribution in [0.1, 0.15) is 24.1 Å². The van der Waals surface area contributed by atoms with Crippen molar-refractivity contribution >= 4 is 5.91 Å². The number of carbonyl (C=O) groups excluding carboxylic acids is 1. The number of nitrogens with zero attached hydrogens (tertiary/aromatic N) is 1. The van der Waals surface area contributed by atoms with Gasteiger partial charge >= 0.3 is 0 Å². The van der Waals surface area contributed by atoms with Crippen LogP contribution >= 0.6 is 0 Å². The summed E-state index contributed by atoms with van der Waals surface area (Å²) in [7, 11) is 1.54. The van der Waals surface area contributed by atoms with E-state index >= 15 is 0 Å². The van der Waals surface area contributed by atoms with Crippen LogP contribution in [0.5, 0.6) is 5.75 Å². The van der Waals surface area contributed by atoms with Gasteiger partial charge in [-0.1, -0.05) is 30.3 Å². The Balaban J connectivity index is 1.74. The largest absolute Gasteiger partial charge is 0.496 e. The van der Waals surface area contributed by atoms with E-state index in [-0.39, 0.29) is 11.5 Å². The maximum atomic E-state index is 12.0. The minimum Gasteiger partial charge on any atom is -0.496 e. The van der Waals surface area contributed by atoms with Crippen molar-refractivity contribution in [2.45, 2.75) is 32.7 Å². The first-order valence-electron chi connectivity index (χ1n) is 8.16. The van der Waals surface area contributed by atoms with Gasteiger partial charge in [0.1, 0.15) is 5.75 Å². The van der Waals surface area contributed by atoms with E-state index in [0.29, 0.717) is 25.3 Å². The Kier molecular flexibility index (Phi) is 6.61. The molecule has 0 spiro atoms. The molecule has 2 aromatic rings. The van der Waals surface area contributed by atoms with Crippen LogP contribution in [0.4, 0.5) is 0 Å². The average molecular weight is 328 g/mol. The van der Waals surface area contributed by atoms with Gasteiger partial charge in [-0.15, -0.1) is 0 Å². The molecular formula is C19H24N2O3. The molecule has 0 unspecified atom stereocenters. The summed E-state index contributed by atoms with van der Waals surface area (Å²) in [6, 6.07) is 13.4. The van der Waals surface area contributed by atoms with Gasteiger partial charge < -0.3 is 14.6 Å². The van der Waals surface area contributed by atoms with Gasteiger partial charge in [-0.25, -0.2) is 0 Å². The van der Waals surface area contributed by atoms with Crippen LogP contribution in [0.2, 0.25) is 0 Å². The summed E-state index contributed by atoms with van der Waals surface area (Å²) in [5.41, 5.74) is 1.94.